The Kier molecular flexibility index (Phi) is 5.42. The minimum atomic E-state index is -0.889. The number of carbonyl (C=O) groups is 2. The van der Waals surface area contributed by atoms with Crippen molar-refractivity contribution < 1.29 is 14.3 Å². The topological polar surface area (TPSA) is 68.6 Å². The minimum absolute atomic E-state index is 0.0697. The van der Waals surface area contributed by atoms with Gasteiger partial charge in [-0.05, 0) is 48.7 Å². The summed E-state index contributed by atoms with van der Waals surface area (Å²) >= 11 is 0. The maximum Gasteiger partial charge on any atom is 0.326 e. The van der Waals surface area contributed by atoms with E-state index in [2.05, 4.69) is 6.07 Å². The molecule has 2 heterocycles. The number of amides is 1. The monoisotopic (exact) mass is 440 g/mol. The lowest BCUT2D eigenvalue weighted by Crippen LogP contribution is -2.43. The van der Waals surface area contributed by atoms with E-state index >= 15 is 0 Å². The lowest BCUT2D eigenvalue weighted by molar-refractivity contribution is -0.160. The summed E-state index contributed by atoms with van der Waals surface area (Å²) < 4.78 is 7.34. The van der Waals surface area contributed by atoms with Gasteiger partial charge < -0.3 is 14.2 Å². The molecule has 1 aliphatic heterocycles. The predicted molar refractivity (Wildman–Crippen MR) is 127 cm³/mol. The number of esters is 1. The molecule has 1 aliphatic rings. The smallest absolute Gasteiger partial charge is 0.326 e. The first kappa shape index (κ1) is 20.9. The van der Waals surface area contributed by atoms with Crippen molar-refractivity contribution >= 4 is 33.7 Å². The van der Waals surface area contributed by atoms with Crippen LogP contribution in [0, 0.1) is 0 Å². The molecule has 166 valence electrons. The number of hydrogen-bond donors (Lipinski definition) is 0. The van der Waals surface area contributed by atoms with Crippen molar-refractivity contribution in [2.45, 2.75) is 32.5 Å². The molecular weight excluding hydrogens is 416 g/mol. The summed E-state index contributed by atoms with van der Waals surface area (Å²) in [6.45, 7) is 2.64. The van der Waals surface area contributed by atoms with Crippen LogP contribution >= 0.6 is 0 Å². The summed E-state index contributed by atoms with van der Waals surface area (Å²) in [7, 11) is 0. The van der Waals surface area contributed by atoms with Crippen molar-refractivity contribution in [1.82, 2.24) is 9.47 Å². The van der Waals surface area contributed by atoms with Crippen LogP contribution < -0.4 is 5.43 Å². The second kappa shape index (κ2) is 8.54. The Bertz CT molecular complexity index is 1380. The number of fused-ring (bicyclic) bond motifs is 3. The average Bonchev–Trinajstić information content (AvgIpc) is 2.85. The molecule has 1 unspecified atom stereocenters. The van der Waals surface area contributed by atoms with Crippen molar-refractivity contribution in [3.05, 3.63) is 94.1 Å². The van der Waals surface area contributed by atoms with Crippen LogP contribution in [0.4, 0.5) is 0 Å². The fourth-order valence-electron chi connectivity index (χ4n) is 4.60. The van der Waals surface area contributed by atoms with E-state index in [0.717, 1.165) is 12.0 Å². The molecule has 5 rings (SSSR count). The molecule has 33 heavy (non-hydrogen) atoms. The number of aromatic nitrogens is 1. The molecule has 0 aliphatic carbocycles. The van der Waals surface area contributed by atoms with Gasteiger partial charge in [0, 0.05) is 23.9 Å². The molecule has 0 saturated carbocycles. The van der Waals surface area contributed by atoms with E-state index in [1.165, 1.54) is 5.56 Å². The fraction of sp³-hybridized carbons (Fsp3) is 0.222. The Balaban J connectivity index is 1.37. The summed E-state index contributed by atoms with van der Waals surface area (Å²) in [4.78, 5) is 40.5. The Morgan fingerprint density at radius 2 is 1.45 bits per heavy atom. The number of pyridine rings is 1. The molecule has 0 fully saturated rings. The highest BCUT2D eigenvalue weighted by molar-refractivity contribution is 5.94. The van der Waals surface area contributed by atoms with Crippen LogP contribution in [0.2, 0.25) is 0 Å². The molecule has 0 saturated heterocycles. The molecule has 6 heteroatoms. The van der Waals surface area contributed by atoms with Gasteiger partial charge in [0.15, 0.2) is 11.5 Å². The zero-order chi connectivity index (χ0) is 22.9. The molecule has 0 spiro atoms. The van der Waals surface area contributed by atoms with Gasteiger partial charge in [-0.25, -0.2) is 0 Å². The van der Waals surface area contributed by atoms with E-state index in [-0.39, 0.29) is 17.9 Å². The zero-order valence-electron chi connectivity index (χ0n) is 18.4. The highest BCUT2D eigenvalue weighted by atomic mass is 16.5. The normalized spacial score (nSPS) is 14.2. The van der Waals surface area contributed by atoms with E-state index in [0.29, 0.717) is 34.9 Å². The van der Waals surface area contributed by atoms with Gasteiger partial charge >= 0.3 is 5.97 Å². The predicted octanol–water partition coefficient (Wildman–Crippen LogP) is 3.67. The van der Waals surface area contributed by atoms with E-state index < -0.39 is 12.1 Å². The van der Waals surface area contributed by atoms with Gasteiger partial charge in [0.1, 0.15) is 6.54 Å². The van der Waals surface area contributed by atoms with Gasteiger partial charge in [-0.2, -0.15) is 0 Å². The third kappa shape index (κ3) is 3.89. The highest BCUT2D eigenvalue weighted by Crippen LogP contribution is 2.21. The number of ether oxygens (including phenoxy) is 1. The van der Waals surface area contributed by atoms with Crippen molar-refractivity contribution in [3.8, 4) is 0 Å². The van der Waals surface area contributed by atoms with Crippen molar-refractivity contribution in [2.75, 3.05) is 6.54 Å². The summed E-state index contributed by atoms with van der Waals surface area (Å²) in [6, 6.07) is 22.5. The van der Waals surface area contributed by atoms with Crippen LogP contribution in [0.3, 0.4) is 0 Å². The maximum absolute atomic E-state index is 13.0. The first-order valence-electron chi connectivity index (χ1n) is 11.1. The van der Waals surface area contributed by atoms with Crippen molar-refractivity contribution in [3.63, 3.8) is 0 Å². The quantitative estimate of drug-likeness (QED) is 0.359. The number of para-hydroxylation sites is 2. The van der Waals surface area contributed by atoms with Crippen LogP contribution in [0.5, 0.6) is 0 Å². The van der Waals surface area contributed by atoms with Crippen LogP contribution in [-0.4, -0.2) is 34.0 Å². The molecule has 1 atom stereocenters. The molecule has 3 aromatic carbocycles. The summed E-state index contributed by atoms with van der Waals surface area (Å²) in [6.07, 6.45) is -0.0996. The lowest BCUT2D eigenvalue weighted by Gasteiger charge is -2.30. The molecule has 0 N–H and O–H groups in total. The number of hydrogen-bond acceptors (Lipinski definition) is 4. The molecule has 6 nitrogen and oxygen atoms in total. The van der Waals surface area contributed by atoms with Gasteiger partial charge in [0.05, 0.1) is 11.0 Å². The summed E-state index contributed by atoms with van der Waals surface area (Å²) in [5.41, 5.74) is 3.62. The van der Waals surface area contributed by atoms with Crippen molar-refractivity contribution in [2.24, 2.45) is 0 Å². The Morgan fingerprint density at radius 1 is 0.879 bits per heavy atom. The molecular formula is C27H24N2O4. The summed E-state index contributed by atoms with van der Waals surface area (Å²) in [5.74, 6) is -0.723. The van der Waals surface area contributed by atoms with Crippen LogP contribution in [0.1, 0.15) is 18.1 Å². The van der Waals surface area contributed by atoms with Gasteiger partial charge in [-0.15, -0.1) is 0 Å². The lowest BCUT2D eigenvalue weighted by atomic mass is 9.99. The SMILES string of the molecule is CC(OC(=O)Cn1c2ccccc2c(=O)c2ccccc21)C(=O)N1CCc2ccccc2C1. The van der Waals surface area contributed by atoms with E-state index in [1.807, 2.05) is 42.5 Å². The molecule has 0 radical (unpaired) electrons. The standard InChI is InChI=1S/C27H24N2O4/c1-18(27(32)28-15-14-19-8-2-3-9-20(19)16-28)33-25(30)17-29-23-12-6-4-10-21(23)26(31)22-11-5-7-13-24(22)29/h2-13,18H,14-17H2,1H3. The zero-order valence-corrected chi connectivity index (χ0v) is 18.4. The largest absolute Gasteiger partial charge is 0.451 e. The Labute approximate surface area is 191 Å². The van der Waals surface area contributed by atoms with Crippen LogP contribution in [0.25, 0.3) is 21.8 Å². The number of carbonyl (C=O) groups excluding carboxylic acids is 2. The minimum Gasteiger partial charge on any atom is -0.451 e. The Hall–Kier alpha value is -3.93. The van der Waals surface area contributed by atoms with Gasteiger partial charge in [-0.1, -0.05) is 48.5 Å². The Morgan fingerprint density at radius 3 is 2.12 bits per heavy atom. The average molecular weight is 440 g/mol. The maximum atomic E-state index is 13.0. The highest BCUT2D eigenvalue weighted by Gasteiger charge is 2.27. The molecule has 0 bridgehead atoms. The summed E-state index contributed by atoms with van der Waals surface area (Å²) in [5, 5.41) is 1.08. The van der Waals surface area contributed by atoms with Gasteiger partial charge in [0.25, 0.3) is 5.91 Å². The van der Waals surface area contributed by atoms with Crippen molar-refractivity contribution in [1.29, 1.82) is 0 Å². The third-order valence-corrected chi connectivity index (χ3v) is 6.26. The van der Waals surface area contributed by atoms with E-state index in [4.69, 9.17) is 4.74 Å². The van der Waals surface area contributed by atoms with Crippen LogP contribution in [0.15, 0.2) is 77.6 Å². The number of rotatable bonds is 4. The second-order valence-electron chi connectivity index (χ2n) is 8.36. The van der Waals surface area contributed by atoms with E-state index in [1.54, 1.807) is 40.7 Å². The molecule has 1 aromatic heterocycles. The van der Waals surface area contributed by atoms with Gasteiger partial charge in [-0.3, -0.25) is 14.4 Å². The molecule has 4 aromatic rings. The second-order valence-corrected chi connectivity index (χ2v) is 8.36. The molecule has 1 amide bonds. The number of benzene rings is 3. The first-order chi connectivity index (χ1) is 16.0. The third-order valence-electron chi connectivity index (χ3n) is 6.26. The van der Waals surface area contributed by atoms with Gasteiger partial charge in [0.2, 0.25) is 0 Å². The first-order valence-corrected chi connectivity index (χ1v) is 11.1. The fourth-order valence-corrected chi connectivity index (χ4v) is 4.60. The number of nitrogens with zero attached hydrogens (tertiary/aromatic N) is 2. The van der Waals surface area contributed by atoms with E-state index in [9.17, 15) is 14.4 Å². The van der Waals surface area contributed by atoms with Crippen LogP contribution in [-0.2, 0) is 33.8 Å².